The van der Waals surface area contributed by atoms with Gasteiger partial charge < -0.3 is 19.5 Å². The quantitative estimate of drug-likeness (QED) is 0.858. The van der Waals surface area contributed by atoms with Gasteiger partial charge in [-0.1, -0.05) is 36.4 Å². The number of benzene rings is 1. The van der Waals surface area contributed by atoms with Crippen molar-refractivity contribution < 1.29 is 14.3 Å². The fraction of sp³-hybridized carbons (Fsp3) is 0.350. The van der Waals surface area contributed by atoms with Crippen molar-refractivity contribution in [3.8, 4) is 0 Å². The molecule has 27 heavy (non-hydrogen) atoms. The molecule has 2 aliphatic rings. The highest BCUT2D eigenvalue weighted by molar-refractivity contribution is 5.92. The van der Waals surface area contributed by atoms with E-state index in [1.807, 2.05) is 30.3 Å². The second-order valence-corrected chi connectivity index (χ2v) is 6.97. The molecule has 0 bridgehead atoms. The van der Waals surface area contributed by atoms with Crippen molar-refractivity contribution in [2.24, 2.45) is 0 Å². The minimum absolute atomic E-state index is 0.0000488. The van der Waals surface area contributed by atoms with E-state index in [2.05, 4.69) is 4.98 Å². The van der Waals surface area contributed by atoms with Gasteiger partial charge in [-0.15, -0.1) is 0 Å². The Morgan fingerprint density at radius 2 is 1.93 bits per heavy atom. The molecule has 2 fully saturated rings. The van der Waals surface area contributed by atoms with Crippen LogP contribution < -0.4 is 5.56 Å². The van der Waals surface area contributed by atoms with Gasteiger partial charge in [-0.2, -0.15) is 0 Å². The van der Waals surface area contributed by atoms with E-state index in [-0.39, 0.29) is 35.8 Å². The van der Waals surface area contributed by atoms with Gasteiger partial charge in [-0.25, -0.2) is 0 Å². The van der Waals surface area contributed by atoms with E-state index in [0.29, 0.717) is 19.5 Å². The molecule has 140 valence electrons. The number of hydrogen-bond acceptors (Lipinski definition) is 4. The van der Waals surface area contributed by atoms with E-state index in [4.69, 9.17) is 4.74 Å². The molecule has 0 unspecified atom stereocenters. The number of piperidine rings is 1. The summed E-state index contributed by atoms with van der Waals surface area (Å²) in [7, 11) is 1.80. The second-order valence-electron chi connectivity index (χ2n) is 6.97. The number of nitrogens with zero attached hydrogens (tertiary/aromatic N) is 2. The Hall–Kier alpha value is -2.93. The Morgan fingerprint density at radius 3 is 2.67 bits per heavy atom. The summed E-state index contributed by atoms with van der Waals surface area (Å²) in [6.07, 6.45) is 0.225. The zero-order chi connectivity index (χ0) is 19.0. The van der Waals surface area contributed by atoms with Crippen LogP contribution in [0.4, 0.5) is 0 Å². The molecular weight excluding hydrogens is 346 g/mol. The van der Waals surface area contributed by atoms with Crippen LogP contribution in [0.25, 0.3) is 0 Å². The molecule has 4 rings (SSSR count). The average molecular weight is 367 g/mol. The number of morpholine rings is 1. The number of carbonyl (C=O) groups is 2. The standard InChI is InChI=1S/C20H21N3O4/c1-22-18(25)13-27-16-12-23(19(26)15-8-5-9-17(24)21-15)11-10-20(16,22)14-6-3-2-4-7-14/h2-9,16H,10-13H2,1H3,(H,21,24)/t16-,20+/m1/s1. The van der Waals surface area contributed by atoms with Crippen LogP contribution in [-0.4, -0.2) is 59.4 Å². The predicted molar refractivity (Wildman–Crippen MR) is 98.2 cm³/mol. The number of likely N-dealkylation sites (N-methyl/N-ethyl adjacent to an activating group) is 1. The van der Waals surface area contributed by atoms with E-state index < -0.39 is 5.54 Å². The first-order chi connectivity index (χ1) is 13.0. The average Bonchev–Trinajstić information content (AvgIpc) is 2.70. The van der Waals surface area contributed by atoms with Crippen molar-refractivity contribution in [2.75, 3.05) is 26.7 Å². The number of carbonyl (C=O) groups excluding carboxylic acids is 2. The van der Waals surface area contributed by atoms with Crippen LogP contribution in [-0.2, 0) is 15.1 Å². The summed E-state index contributed by atoms with van der Waals surface area (Å²) in [5.41, 5.74) is 0.355. The van der Waals surface area contributed by atoms with Gasteiger partial charge in [0.25, 0.3) is 5.91 Å². The molecule has 3 heterocycles. The maximum Gasteiger partial charge on any atom is 0.270 e. The third-order valence-electron chi connectivity index (χ3n) is 5.62. The first-order valence-corrected chi connectivity index (χ1v) is 8.95. The maximum absolute atomic E-state index is 12.8. The molecule has 2 aliphatic heterocycles. The highest BCUT2D eigenvalue weighted by atomic mass is 16.5. The van der Waals surface area contributed by atoms with Crippen LogP contribution in [0.1, 0.15) is 22.5 Å². The molecule has 2 saturated heterocycles. The molecule has 0 aliphatic carbocycles. The number of ether oxygens (including phenoxy) is 1. The summed E-state index contributed by atoms with van der Waals surface area (Å²) >= 11 is 0. The third kappa shape index (κ3) is 2.84. The number of likely N-dealkylation sites (tertiary alicyclic amines) is 1. The molecule has 0 radical (unpaired) electrons. The Morgan fingerprint density at radius 1 is 1.15 bits per heavy atom. The van der Waals surface area contributed by atoms with Crippen LogP contribution in [0.15, 0.2) is 53.3 Å². The summed E-state index contributed by atoms with van der Waals surface area (Å²) in [5.74, 6) is -0.306. The highest BCUT2D eigenvalue weighted by Gasteiger charge is 2.53. The zero-order valence-electron chi connectivity index (χ0n) is 15.1. The molecule has 2 atom stereocenters. The number of rotatable bonds is 2. The number of pyridine rings is 1. The van der Waals surface area contributed by atoms with E-state index in [1.54, 1.807) is 29.0 Å². The zero-order valence-corrected chi connectivity index (χ0v) is 15.1. The normalized spacial score (nSPS) is 25.2. The van der Waals surface area contributed by atoms with Crippen LogP contribution >= 0.6 is 0 Å². The SMILES string of the molecule is CN1C(=O)CO[C@@H]2CN(C(=O)c3cccc(=O)[nH]3)CC[C@]21c1ccccc1. The number of amides is 2. The van der Waals surface area contributed by atoms with Gasteiger partial charge in [0.05, 0.1) is 5.54 Å². The molecule has 7 nitrogen and oxygen atoms in total. The number of fused-ring (bicyclic) bond motifs is 1. The van der Waals surface area contributed by atoms with Gasteiger partial charge in [0, 0.05) is 26.2 Å². The van der Waals surface area contributed by atoms with Crippen LogP contribution in [0.5, 0.6) is 0 Å². The second kappa shape index (κ2) is 6.66. The molecule has 1 aromatic heterocycles. The molecule has 0 saturated carbocycles. The van der Waals surface area contributed by atoms with Crippen LogP contribution in [0.3, 0.4) is 0 Å². The van der Waals surface area contributed by atoms with Gasteiger partial charge in [0.15, 0.2) is 0 Å². The molecule has 0 spiro atoms. The highest BCUT2D eigenvalue weighted by Crippen LogP contribution is 2.42. The van der Waals surface area contributed by atoms with Gasteiger partial charge in [0.1, 0.15) is 18.4 Å². The minimum Gasteiger partial charge on any atom is -0.364 e. The molecule has 7 heteroatoms. The van der Waals surface area contributed by atoms with Crippen molar-refractivity contribution in [1.82, 2.24) is 14.8 Å². The lowest BCUT2D eigenvalue weighted by Crippen LogP contribution is -2.67. The van der Waals surface area contributed by atoms with Gasteiger partial charge in [-0.05, 0) is 18.1 Å². The summed E-state index contributed by atoms with van der Waals surface area (Å²) < 4.78 is 5.91. The summed E-state index contributed by atoms with van der Waals surface area (Å²) in [6.45, 7) is 0.810. The fourth-order valence-electron chi connectivity index (χ4n) is 4.15. The van der Waals surface area contributed by atoms with E-state index in [9.17, 15) is 14.4 Å². The lowest BCUT2D eigenvalue weighted by atomic mass is 9.76. The van der Waals surface area contributed by atoms with Crippen molar-refractivity contribution >= 4 is 11.8 Å². The largest absolute Gasteiger partial charge is 0.364 e. The summed E-state index contributed by atoms with van der Waals surface area (Å²) in [6, 6.07) is 14.4. The summed E-state index contributed by atoms with van der Waals surface area (Å²) in [5, 5.41) is 0. The third-order valence-corrected chi connectivity index (χ3v) is 5.62. The van der Waals surface area contributed by atoms with Gasteiger partial charge in [-0.3, -0.25) is 14.4 Å². The van der Waals surface area contributed by atoms with Crippen LogP contribution in [0.2, 0.25) is 0 Å². The summed E-state index contributed by atoms with van der Waals surface area (Å²) in [4.78, 5) is 42.8. The molecular formula is C20H21N3O4. The smallest absolute Gasteiger partial charge is 0.270 e. The number of H-pyrrole nitrogens is 1. The Balaban J connectivity index is 1.66. The van der Waals surface area contributed by atoms with Crippen molar-refractivity contribution in [1.29, 1.82) is 0 Å². The molecule has 2 amide bonds. The van der Waals surface area contributed by atoms with Crippen molar-refractivity contribution in [3.63, 3.8) is 0 Å². The van der Waals surface area contributed by atoms with E-state index >= 15 is 0 Å². The Labute approximate surface area is 156 Å². The van der Waals surface area contributed by atoms with E-state index in [1.165, 1.54) is 6.07 Å². The number of aromatic nitrogens is 1. The van der Waals surface area contributed by atoms with Crippen molar-refractivity contribution in [3.05, 3.63) is 70.1 Å². The van der Waals surface area contributed by atoms with E-state index in [0.717, 1.165) is 5.56 Å². The lowest BCUT2D eigenvalue weighted by molar-refractivity contribution is -0.180. The maximum atomic E-state index is 12.8. The predicted octanol–water partition coefficient (Wildman–Crippen LogP) is 0.973. The minimum atomic E-state index is -0.600. The number of aromatic amines is 1. The molecule has 2 aromatic rings. The fourth-order valence-corrected chi connectivity index (χ4v) is 4.15. The number of hydrogen-bond donors (Lipinski definition) is 1. The molecule has 1 aromatic carbocycles. The Bertz CT molecular complexity index is 926. The van der Waals surface area contributed by atoms with Crippen LogP contribution in [0, 0.1) is 0 Å². The first-order valence-electron chi connectivity index (χ1n) is 8.95. The Kier molecular flexibility index (Phi) is 4.31. The lowest BCUT2D eigenvalue weighted by Gasteiger charge is -2.54. The monoisotopic (exact) mass is 367 g/mol. The molecule has 1 N–H and O–H groups in total. The van der Waals surface area contributed by atoms with Gasteiger partial charge >= 0.3 is 0 Å². The first kappa shape index (κ1) is 17.5. The number of nitrogens with one attached hydrogen (secondary N) is 1. The van der Waals surface area contributed by atoms with Crippen molar-refractivity contribution in [2.45, 2.75) is 18.1 Å². The topological polar surface area (TPSA) is 82.7 Å². The van der Waals surface area contributed by atoms with Gasteiger partial charge in [0.2, 0.25) is 11.5 Å².